The normalized spacial score (nSPS) is 11.7. The molecule has 12 heavy (non-hydrogen) atoms. The fraction of sp³-hybridized carbons (Fsp3) is 0.167. The van der Waals surface area contributed by atoms with Crippen LogP contribution in [0.3, 0.4) is 0 Å². The van der Waals surface area contributed by atoms with Crippen molar-refractivity contribution in [1.29, 1.82) is 0 Å². The maximum Gasteiger partial charge on any atom is 0.446 e. The van der Waals surface area contributed by atoms with E-state index < -0.39 is 5.51 Å². The van der Waals surface area contributed by atoms with Crippen LogP contribution in [0, 0.1) is 0 Å². The standard InChI is InChI=1S/C6H3BrF3NS/c7-5-2-1-4(3-11-5)12-6(8,9)10/h1-3H. The number of alkyl halides is 3. The molecule has 1 nitrogen and oxygen atoms in total. The molecule has 1 aromatic heterocycles. The van der Waals surface area contributed by atoms with E-state index in [1.54, 1.807) is 0 Å². The molecule has 6 heteroatoms. The van der Waals surface area contributed by atoms with Gasteiger partial charge in [-0.15, -0.1) is 0 Å². The van der Waals surface area contributed by atoms with Crippen LogP contribution in [0.1, 0.15) is 0 Å². The predicted molar refractivity (Wildman–Crippen MR) is 43.8 cm³/mol. The van der Waals surface area contributed by atoms with Gasteiger partial charge in [-0.3, -0.25) is 0 Å². The summed E-state index contributed by atoms with van der Waals surface area (Å²) in [5, 5.41) is 0. The molecule has 0 aliphatic rings. The smallest absolute Gasteiger partial charge is 0.248 e. The number of nitrogens with zero attached hydrogens (tertiary/aromatic N) is 1. The lowest BCUT2D eigenvalue weighted by atomic mass is 10.5. The van der Waals surface area contributed by atoms with Crippen molar-refractivity contribution in [3.8, 4) is 0 Å². The third kappa shape index (κ3) is 3.44. The summed E-state index contributed by atoms with van der Waals surface area (Å²) in [6.45, 7) is 0. The van der Waals surface area contributed by atoms with Gasteiger partial charge in [0.1, 0.15) is 4.60 Å². The molecule has 1 heterocycles. The second kappa shape index (κ2) is 3.66. The SMILES string of the molecule is FC(F)(F)Sc1ccc(Br)nc1. The molecule has 0 radical (unpaired) electrons. The van der Waals surface area contributed by atoms with Gasteiger partial charge >= 0.3 is 5.51 Å². The third-order valence-corrected chi connectivity index (χ3v) is 2.11. The third-order valence-electron chi connectivity index (χ3n) is 0.934. The Hall–Kier alpha value is -0.230. The van der Waals surface area contributed by atoms with Gasteiger partial charge < -0.3 is 0 Å². The van der Waals surface area contributed by atoms with Crippen LogP contribution >= 0.6 is 27.7 Å². The Bertz CT molecular complexity index is 258. The summed E-state index contributed by atoms with van der Waals surface area (Å²) < 4.78 is 35.8. The summed E-state index contributed by atoms with van der Waals surface area (Å²) in [6.07, 6.45) is 1.17. The first kappa shape index (κ1) is 9.85. The van der Waals surface area contributed by atoms with Crippen molar-refractivity contribution in [2.24, 2.45) is 0 Å². The van der Waals surface area contributed by atoms with Crippen LogP contribution in [0.15, 0.2) is 27.8 Å². The minimum atomic E-state index is -4.24. The van der Waals surface area contributed by atoms with E-state index in [1.165, 1.54) is 18.3 Å². The molecule has 0 aromatic carbocycles. The minimum Gasteiger partial charge on any atom is -0.248 e. The van der Waals surface area contributed by atoms with Gasteiger partial charge in [0.25, 0.3) is 0 Å². The van der Waals surface area contributed by atoms with Gasteiger partial charge in [-0.1, -0.05) is 0 Å². The van der Waals surface area contributed by atoms with Gasteiger partial charge in [0, 0.05) is 11.1 Å². The Morgan fingerprint density at radius 3 is 2.42 bits per heavy atom. The maximum absolute atomic E-state index is 11.8. The summed E-state index contributed by atoms with van der Waals surface area (Å²) in [7, 11) is 0. The molecule has 0 saturated carbocycles. The number of hydrogen-bond acceptors (Lipinski definition) is 2. The van der Waals surface area contributed by atoms with E-state index in [0.717, 1.165) is 0 Å². The highest BCUT2D eigenvalue weighted by molar-refractivity contribution is 9.10. The fourth-order valence-electron chi connectivity index (χ4n) is 0.556. The molecule has 66 valence electrons. The Labute approximate surface area is 79.5 Å². The topological polar surface area (TPSA) is 12.9 Å². The average Bonchev–Trinajstić information content (AvgIpc) is 1.91. The Balaban J connectivity index is 2.71. The zero-order chi connectivity index (χ0) is 9.19. The van der Waals surface area contributed by atoms with E-state index in [4.69, 9.17) is 0 Å². The van der Waals surface area contributed by atoms with Crippen molar-refractivity contribution >= 4 is 27.7 Å². The average molecular weight is 258 g/mol. The van der Waals surface area contributed by atoms with E-state index >= 15 is 0 Å². The Kier molecular flexibility index (Phi) is 3.00. The fourth-order valence-corrected chi connectivity index (χ4v) is 1.30. The Morgan fingerprint density at radius 2 is 2.00 bits per heavy atom. The van der Waals surface area contributed by atoms with E-state index in [9.17, 15) is 13.2 Å². The zero-order valence-corrected chi connectivity index (χ0v) is 8.00. The summed E-state index contributed by atoms with van der Waals surface area (Å²) >= 11 is 2.85. The van der Waals surface area contributed by atoms with Gasteiger partial charge in [0.05, 0.1) is 0 Å². The highest BCUT2D eigenvalue weighted by atomic mass is 79.9. The number of hydrogen-bond donors (Lipinski definition) is 0. The van der Waals surface area contributed by atoms with Crippen molar-refractivity contribution < 1.29 is 13.2 Å². The first-order chi connectivity index (χ1) is 5.47. The lowest BCUT2D eigenvalue weighted by Gasteiger charge is -2.03. The highest BCUT2D eigenvalue weighted by Crippen LogP contribution is 2.36. The van der Waals surface area contributed by atoms with Gasteiger partial charge in [-0.05, 0) is 39.8 Å². The molecular formula is C6H3BrF3NS. The Morgan fingerprint density at radius 1 is 1.33 bits per heavy atom. The molecule has 1 rings (SSSR count). The van der Waals surface area contributed by atoms with Crippen LogP contribution in [-0.2, 0) is 0 Å². The van der Waals surface area contributed by atoms with Crippen molar-refractivity contribution in [1.82, 2.24) is 4.98 Å². The van der Waals surface area contributed by atoms with Crippen molar-refractivity contribution in [2.75, 3.05) is 0 Å². The molecule has 0 spiro atoms. The van der Waals surface area contributed by atoms with Crippen LogP contribution in [0.25, 0.3) is 0 Å². The molecule has 0 aliphatic heterocycles. The van der Waals surface area contributed by atoms with Crippen LogP contribution in [0.5, 0.6) is 0 Å². The van der Waals surface area contributed by atoms with E-state index in [-0.39, 0.29) is 16.7 Å². The molecule has 0 bridgehead atoms. The van der Waals surface area contributed by atoms with Gasteiger partial charge in [0.2, 0.25) is 0 Å². The van der Waals surface area contributed by atoms with Gasteiger partial charge in [0.15, 0.2) is 0 Å². The number of aromatic nitrogens is 1. The van der Waals surface area contributed by atoms with Crippen LogP contribution in [0.2, 0.25) is 0 Å². The lowest BCUT2D eigenvalue weighted by Crippen LogP contribution is -1.98. The highest BCUT2D eigenvalue weighted by Gasteiger charge is 2.29. The first-order valence-electron chi connectivity index (χ1n) is 2.85. The molecule has 0 unspecified atom stereocenters. The quantitative estimate of drug-likeness (QED) is 0.565. The van der Waals surface area contributed by atoms with Crippen molar-refractivity contribution in [3.05, 3.63) is 22.9 Å². The van der Waals surface area contributed by atoms with Crippen LogP contribution in [0.4, 0.5) is 13.2 Å². The molecule has 0 N–H and O–H groups in total. The maximum atomic E-state index is 11.8. The molecule has 0 aliphatic carbocycles. The van der Waals surface area contributed by atoms with E-state index in [1.807, 2.05) is 0 Å². The number of thioether (sulfide) groups is 1. The van der Waals surface area contributed by atoms with E-state index in [0.29, 0.717) is 4.60 Å². The summed E-state index contributed by atoms with van der Waals surface area (Å²) in [4.78, 5) is 3.75. The summed E-state index contributed by atoms with van der Waals surface area (Å²) in [6, 6.07) is 2.82. The monoisotopic (exact) mass is 257 g/mol. The molecular weight excluding hydrogens is 255 g/mol. The van der Waals surface area contributed by atoms with E-state index in [2.05, 4.69) is 20.9 Å². The summed E-state index contributed by atoms with van der Waals surface area (Å²) in [5.74, 6) is 0. The molecule has 0 saturated heterocycles. The molecule has 0 atom stereocenters. The minimum absolute atomic E-state index is 0.0886. The lowest BCUT2D eigenvalue weighted by molar-refractivity contribution is -0.0328. The molecule has 0 amide bonds. The van der Waals surface area contributed by atoms with Crippen molar-refractivity contribution in [2.45, 2.75) is 10.4 Å². The molecule has 1 aromatic rings. The molecule has 0 fully saturated rings. The van der Waals surface area contributed by atoms with Gasteiger partial charge in [-0.25, -0.2) is 4.98 Å². The second-order valence-electron chi connectivity index (χ2n) is 1.86. The van der Waals surface area contributed by atoms with Crippen LogP contribution < -0.4 is 0 Å². The predicted octanol–water partition coefficient (Wildman–Crippen LogP) is 3.46. The second-order valence-corrected chi connectivity index (χ2v) is 3.82. The number of pyridine rings is 1. The van der Waals surface area contributed by atoms with Crippen LogP contribution in [-0.4, -0.2) is 10.5 Å². The first-order valence-corrected chi connectivity index (χ1v) is 4.45. The number of halogens is 4. The zero-order valence-electron chi connectivity index (χ0n) is 5.60. The largest absolute Gasteiger partial charge is 0.446 e. The van der Waals surface area contributed by atoms with Crippen molar-refractivity contribution in [3.63, 3.8) is 0 Å². The van der Waals surface area contributed by atoms with Gasteiger partial charge in [-0.2, -0.15) is 13.2 Å². The summed E-state index contributed by atoms with van der Waals surface area (Å²) in [5.41, 5.74) is -4.24. The number of rotatable bonds is 1.